The van der Waals surface area contributed by atoms with E-state index in [1.165, 1.54) is 14.2 Å². The van der Waals surface area contributed by atoms with Gasteiger partial charge in [-0.2, -0.15) is 9.97 Å². The minimum Gasteiger partial charge on any atom is -0.476 e. The number of ether oxygens (including phenoxy) is 2. The van der Waals surface area contributed by atoms with Crippen LogP contribution in [0.15, 0.2) is 0 Å². The van der Waals surface area contributed by atoms with Crippen molar-refractivity contribution in [3.05, 3.63) is 10.1 Å². The highest BCUT2D eigenvalue weighted by molar-refractivity contribution is 7.89. The molecule has 17 heteroatoms. The lowest BCUT2D eigenvalue weighted by molar-refractivity contribution is -0.387. The first kappa shape index (κ1) is 30.7. The van der Waals surface area contributed by atoms with Crippen molar-refractivity contribution in [3.63, 3.8) is 0 Å². The van der Waals surface area contributed by atoms with Crippen molar-refractivity contribution in [2.24, 2.45) is 5.73 Å². The Kier molecular flexibility index (Phi) is 13.0. The highest BCUT2D eigenvalue weighted by Gasteiger charge is 2.27. The van der Waals surface area contributed by atoms with Crippen molar-refractivity contribution in [3.8, 4) is 11.8 Å². The van der Waals surface area contributed by atoms with Crippen LogP contribution in [0.1, 0.15) is 27.7 Å². The Morgan fingerprint density at radius 1 is 0.939 bits per heavy atom. The third-order valence-electron chi connectivity index (χ3n) is 3.26. The molecule has 0 atom stereocenters. The molecule has 1 aromatic rings. The Balaban J connectivity index is 0.000000861. The predicted octanol–water partition coefficient (Wildman–Crippen LogP) is -0.585. The van der Waals surface area contributed by atoms with Gasteiger partial charge >= 0.3 is 17.4 Å². The fraction of sp³-hybridized carbons (Fsp3) is 0.750. The summed E-state index contributed by atoms with van der Waals surface area (Å²) in [4.78, 5) is 17.9. The molecule has 15 nitrogen and oxygen atoms in total. The van der Waals surface area contributed by atoms with Crippen LogP contribution in [0, 0.1) is 10.1 Å². The maximum atomic E-state index is 11.7. The molecule has 192 valence electrons. The number of nitrogens with two attached hydrogens (primary N) is 1. The summed E-state index contributed by atoms with van der Waals surface area (Å²) in [7, 11) is -4.11. The molecule has 0 amide bonds. The van der Waals surface area contributed by atoms with Crippen LogP contribution in [0.5, 0.6) is 11.8 Å². The molecule has 0 fully saturated rings. The second-order valence-corrected chi connectivity index (χ2v) is 10.8. The van der Waals surface area contributed by atoms with E-state index in [-0.39, 0.29) is 54.4 Å². The predicted molar refractivity (Wildman–Crippen MR) is 123 cm³/mol. The lowest BCUT2D eigenvalue weighted by atomic mass is 10.4. The van der Waals surface area contributed by atoms with Gasteiger partial charge in [0.1, 0.15) is 0 Å². The van der Waals surface area contributed by atoms with Gasteiger partial charge in [0, 0.05) is 25.2 Å². The highest BCUT2D eigenvalue weighted by Crippen LogP contribution is 2.34. The van der Waals surface area contributed by atoms with Crippen LogP contribution >= 0.6 is 0 Å². The van der Waals surface area contributed by atoms with Gasteiger partial charge in [0.2, 0.25) is 26.0 Å². The second-order valence-electron chi connectivity index (χ2n) is 7.07. The van der Waals surface area contributed by atoms with Crippen LogP contribution in [-0.2, 0) is 20.0 Å². The van der Waals surface area contributed by atoms with E-state index in [1.54, 1.807) is 27.7 Å². The van der Waals surface area contributed by atoms with E-state index >= 15 is 0 Å². The summed E-state index contributed by atoms with van der Waals surface area (Å²) in [6, 6.07) is -0.257. The zero-order valence-corrected chi connectivity index (χ0v) is 21.1. The molecular formula is C16H33N7O8S2. The van der Waals surface area contributed by atoms with E-state index in [1.807, 2.05) is 0 Å². The molecule has 0 bridgehead atoms. The average Bonchev–Trinajstić information content (AvgIpc) is 2.65. The van der Waals surface area contributed by atoms with E-state index < -0.39 is 30.7 Å². The quantitative estimate of drug-likeness (QED) is 0.191. The molecule has 0 spiro atoms. The smallest absolute Gasteiger partial charge is 0.392 e. The van der Waals surface area contributed by atoms with Gasteiger partial charge in [0.05, 0.1) is 30.6 Å². The maximum Gasteiger partial charge on any atom is 0.392 e. The Hall–Kier alpha value is -2.34. The van der Waals surface area contributed by atoms with E-state index in [2.05, 4.69) is 24.7 Å². The standard InChI is InChI=1S/C11H19N5O6S.C5H14N2O2S/c1-7(2)15-23(19,20)6-5-12-11-13-9(21-3)8(16(17)18)10(14-11)22-4;1-5(2)7-10(8,9)4-3-6/h7,15H,5-6H2,1-4H3,(H,12,13,14);5,7H,3-4,6H2,1-2H3. The first-order valence-electron chi connectivity index (χ1n) is 9.76. The first-order valence-corrected chi connectivity index (χ1v) is 13.1. The Morgan fingerprint density at radius 3 is 1.70 bits per heavy atom. The van der Waals surface area contributed by atoms with Gasteiger partial charge in [0.25, 0.3) is 0 Å². The zero-order chi connectivity index (χ0) is 25.8. The molecule has 0 aliphatic rings. The van der Waals surface area contributed by atoms with Gasteiger partial charge < -0.3 is 20.5 Å². The summed E-state index contributed by atoms with van der Waals surface area (Å²) in [5, 5.41) is 13.6. The number of nitro groups is 1. The van der Waals surface area contributed by atoms with Gasteiger partial charge in [-0.05, 0) is 27.7 Å². The van der Waals surface area contributed by atoms with Crippen molar-refractivity contribution in [1.29, 1.82) is 0 Å². The maximum absolute atomic E-state index is 11.7. The molecule has 1 rings (SSSR count). The van der Waals surface area contributed by atoms with Crippen molar-refractivity contribution in [2.75, 3.05) is 44.1 Å². The second kappa shape index (κ2) is 14.0. The summed E-state index contributed by atoms with van der Waals surface area (Å²) < 4.78 is 59.6. The van der Waals surface area contributed by atoms with Crippen LogP contribution in [0.25, 0.3) is 0 Å². The van der Waals surface area contributed by atoms with Crippen molar-refractivity contribution in [1.82, 2.24) is 19.4 Å². The summed E-state index contributed by atoms with van der Waals surface area (Å²) in [5.74, 6) is -0.814. The third kappa shape index (κ3) is 12.5. The molecule has 1 aromatic heterocycles. The summed E-state index contributed by atoms with van der Waals surface area (Å²) in [5.41, 5.74) is 4.57. The average molecular weight is 516 g/mol. The number of rotatable bonds is 13. The number of hydrogen-bond acceptors (Lipinski definition) is 12. The number of anilines is 1. The third-order valence-corrected chi connectivity index (χ3v) is 6.44. The van der Waals surface area contributed by atoms with Gasteiger partial charge in [-0.15, -0.1) is 0 Å². The Labute approximate surface area is 194 Å². The van der Waals surface area contributed by atoms with Gasteiger partial charge in [-0.3, -0.25) is 10.1 Å². The largest absolute Gasteiger partial charge is 0.476 e. The van der Waals surface area contributed by atoms with Crippen LogP contribution in [0.2, 0.25) is 0 Å². The Morgan fingerprint density at radius 2 is 1.36 bits per heavy atom. The van der Waals surface area contributed by atoms with Crippen molar-refractivity contribution >= 4 is 31.7 Å². The highest BCUT2D eigenvalue weighted by atomic mass is 32.2. The minimum absolute atomic E-state index is 0.00514. The zero-order valence-electron chi connectivity index (χ0n) is 19.5. The van der Waals surface area contributed by atoms with E-state index in [4.69, 9.17) is 15.2 Å². The number of hydrogen-bond donors (Lipinski definition) is 4. The number of methoxy groups -OCH3 is 2. The van der Waals surface area contributed by atoms with E-state index in [0.29, 0.717) is 0 Å². The number of aromatic nitrogens is 2. The molecule has 0 unspecified atom stereocenters. The normalized spacial score (nSPS) is 11.7. The molecule has 0 radical (unpaired) electrons. The summed E-state index contributed by atoms with van der Waals surface area (Å²) >= 11 is 0. The van der Waals surface area contributed by atoms with Crippen LogP contribution in [-0.4, -0.2) is 82.6 Å². The first-order chi connectivity index (χ1) is 15.2. The van der Waals surface area contributed by atoms with Crippen LogP contribution in [0.3, 0.4) is 0 Å². The van der Waals surface area contributed by atoms with Crippen molar-refractivity contribution in [2.45, 2.75) is 39.8 Å². The SMILES string of the molecule is CC(C)NS(=O)(=O)CCN.COc1nc(NCCS(=O)(=O)NC(C)C)nc(OC)c1[N+](=O)[O-]. The van der Waals surface area contributed by atoms with Crippen molar-refractivity contribution < 1.29 is 31.2 Å². The summed E-state index contributed by atoms with van der Waals surface area (Å²) in [6.07, 6.45) is 0. The van der Waals surface area contributed by atoms with Gasteiger partial charge in [0.15, 0.2) is 0 Å². The molecule has 33 heavy (non-hydrogen) atoms. The molecule has 0 saturated heterocycles. The number of sulfonamides is 2. The fourth-order valence-corrected chi connectivity index (χ4v) is 4.58. The number of nitrogens with one attached hydrogen (secondary N) is 3. The molecule has 0 aliphatic heterocycles. The van der Waals surface area contributed by atoms with Crippen LogP contribution < -0.4 is 30.0 Å². The van der Waals surface area contributed by atoms with E-state index in [9.17, 15) is 26.9 Å². The lowest BCUT2D eigenvalue weighted by Crippen LogP contribution is -2.34. The molecule has 0 saturated carbocycles. The number of nitrogens with zero attached hydrogens (tertiary/aromatic N) is 3. The monoisotopic (exact) mass is 515 g/mol. The molecule has 0 aromatic carbocycles. The molecule has 1 heterocycles. The van der Waals surface area contributed by atoms with Crippen LogP contribution in [0.4, 0.5) is 11.6 Å². The fourth-order valence-electron chi connectivity index (χ4n) is 2.22. The topological polar surface area (TPSA) is 218 Å². The lowest BCUT2D eigenvalue weighted by Gasteiger charge is -2.11. The minimum atomic E-state index is -3.44. The molecule has 5 N–H and O–H groups in total. The van der Waals surface area contributed by atoms with Gasteiger partial charge in [-0.25, -0.2) is 26.3 Å². The van der Waals surface area contributed by atoms with E-state index in [0.717, 1.165) is 0 Å². The molecular weight excluding hydrogens is 482 g/mol. The molecule has 0 aliphatic carbocycles. The summed E-state index contributed by atoms with van der Waals surface area (Å²) in [6.45, 7) is 7.14. The Bertz CT molecular complexity index is 944. The van der Waals surface area contributed by atoms with Gasteiger partial charge in [-0.1, -0.05) is 0 Å².